The van der Waals surface area contributed by atoms with Gasteiger partial charge in [0.05, 0.1) is 28.6 Å². The Morgan fingerprint density at radius 1 is 0.900 bits per heavy atom. The number of aromatic amines is 1. The van der Waals surface area contributed by atoms with Crippen molar-refractivity contribution < 1.29 is 19.1 Å². The lowest BCUT2D eigenvalue weighted by Gasteiger charge is -2.53. The van der Waals surface area contributed by atoms with Crippen LogP contribution in [0.2, 0.25) is 0 Å². The summed E-state index contributed by atoms with van der Waals surface area (Å²) in [5.41, 5.74) is 1.83. The second-order valence-corrected chi connectivity index (χ2v) is 20.3. The summed E-state index contributed by atoms with van der Waals surface area (Å²) in [6, 6.07) is 8.87. The first-order valence-corrected chi connectivity index (χ1v) is 22.1. The van der Waals surface area contributed by atoms with Crippen molar-refractivity contribution in [2.45, 2.75) is 153 Å². The molecule has 4 rings (SSSR count). The first-order chi connectivity index (χ1) is 23.9. The Balaban J connectivity index is 1.24. The predicted octanol–water partition coefficient (Wildman–Crippen LogP) is 9.49. The molecule has 10 heteroatoms. The van der Waals surface area contributed by atoms with Crippen molar-refractivity contribution in [3.8, 4) is 0 Å². The van der Waals surface area contributed by atoms with Crippen LogP contribution in [0.1, 0.15) is 153 Å². The maximum Gasteiger partial charge on any atom is 0.319 e. The molecule has 1 aromatic heterocycles. The zero-order valence-corrected chi connectivity index (χ0v) is 32.7. The molecule has 1 aliphatic heterocycles. The molecule has 9 nitrogen and oxygen atoms in total. The van der Waals surface area contributed by atoms with Gasteiger partial charge >= 0.3 is 12.0 Å². The zero-order valence-electron chi connectivity index (χ0n) is 31.8. The highest BCUT2D eigenvalue weighted by molar-refractivity contribution is 8.33. The van der Waals surface area contributed by atoms with E-state index in [0.717, 1.165) is 55.3 Å². The topological polar surface area (TPSA) is 116 Å². The SMILES string of the molecule is CCCCCCCCCCCCCCCC(=O)OC[C@@H](NC(=O)N1Cc2c(NC(=O)C3(S(C)(C)C)CCC3)n[nH]c2C1(C)C)c1ccccc1. The molecule has 0 radical (unpaired) electrons. The van der Waals surface area contributed by atoms with E-state index < -0.39 is 21.6 Å². The third-order valence-electron chi connectivity index (χ3n) is 11.1. The minimum Gasteiger partial charge on any atom is -0.463 e. The smallest absolute Gasteiger partial charge is 0.319 e. The van der Waals surface area contributed by atoms with E-state index in [1.54, 1.807) is 4.90 Å². The van der Waals surface area contributed by atoms with E-state index in [9.17, 15) is 14.4 Å². The number of ether oxygens (including phenoxy) is 1. The normalized spacial score (nSPS) is 17.0. The molecule has 1 aromatic carbocycles. The Morgan fingerprint density at radius 2 is 1.48 bits per heavy atom. The summed E-state index contributed by atoms with van der Waals surface area (Å²) in [6.07, 6.45) is 26.2. The minimum absolute atomic E-state index is 0.0333. The number of nitrogens with zero attached hydrogens (tertiary/aromatic N) is 2. The van der Waals surface area contributed by atoms with Crippen LogP contribution < -0.4 is 10.6 Å². The molecule has 0 unspecified atom stereocenters. The van der Waals surface area contributed by atoms with Crippen LogP contribution in [0.4, 0.5) is 10.6 Å². The number of H-pyrrole nitrogens is 1. The van der Waals surface area contributed by atoms with E-state index in [1.807, 2.05) is 44.2 Å². The summed E-state index contributed by atoms with van der Waals surface area (Å²) in [5.74, 6) is 0.309. The molecule has 3 N–H and O–H groups in total. The third-order valence-corrected chi connectivity index (χ3v) is 14.0. The molecule has 1 fully saturated rings. The van der Waals surface area contributed by atoms with Crippen molar-refractivity contribution in [1.82, 2.24) is 20.4 Å². The molecule has 280 valence electrons. The van der Waals surface area contributed by atoms with Gasteiger partial charge in [-0.15, -0.1) is 0 Å². The highest BCUT2D eigenvalue weighted by Crippen LogP contribution is 2.60. The molecule has 2 heterocycles. The molecule has 3 amide bonds. The van der Waals surface area contributed by atoms with Crippen LogP contribution in [0.15, 0.2) is 30.3 Å². The number of carbonyl (C=O) groups excluding carboxylic acids is 3. The Labute approximate surface area is 303 Å². The lowest BCUT2D eigenvalue weighted by molar-refractivity contribution is -0.144. The summed E-state index contributed by atoms with van der Waals surface area (Å²) >= 11 is 0. The predicted molar refractivity (Wildman–Crippen MR) is 207 cm³/mol. The fraction of sp³-hybridized carbons (Fsp3) is 0.700. The van der Waals surface area contributed by atoms with E-state index in [1.165, 1.54) is 64.2 Å². The molecule has 50 heavy (non-hydrogen) atoms. The number of urea groups is 1. The quantitative estimate of drug-likeness (QED) is 0.0881. The number of aromatic nitrogens is 2. The van der Waals surface area contributed by atoms with Crippen molar-refractivity contribution in [2.75, 3.05) is 30.7 Å². The fourth-order valence-electron chi connectivity index (χ4n) is 7.45. The largest absolute Gasteiger partial charge is 0.463 e. The van der Waals surface area contributed by atoms with Gasteiger partial charge in [0.15, 0.2) is 5.82 Å². The summed E-state index contributed by atoms with van der Waals surface area (Å²) in [7, 11) is -1.12. The van der Waals surface area contributed by atoms with Crippen LogP contribution in [-0.4, -0.2) is 63.1 Å². The number of anilines is 1. The number of benzene rings is 1. The van der Waals surface area contributed by atoms with Gasteiger partial charge in [-0.2, -0.15) is 5.10 Å². The maximum atomic E-state index is 13.9. The Bertz CT molecular complexity index is 1380. The van der Waals surface area contributed by atoms with Crippen molar-refractivity contribution in [1.29, 1.82) is 0 Å². The van der Waals surface area contributed by atoms with Crippen molar-refractivity contribution >= 4 is 33.8 Å². The van der Waals surface area contributed by atoms with E-state index in [0.29, 0.717) is 18.8 Å². The van der Waals surface area contributed by atoms with E-state index in [-0.39, 0.29) is 29.3 Å². The number of carbonyl (C=O) groups is 3. The summed E-state index contributed by atoms with van der Waals surface area (Å²) in [5, 5.41) is 13.9. The molecular formula is C40H65N5O4S. The van der Waals surface area contributed by atoms with Gasteiger partial charge < -0.3 is 20.3 Å². The van der Waals surface area contributed by atoms with Crippen LogP contribution >= 0.6 is 10.0 Å². The van der Waals surface area contributed by atoms with Crippen LogP contribution in [0.3, 0.4) is 0 Å². The molecule has 0 spiro atoms. The molecule has 1 atom stereocenters. The summed E-state index contributed by atoms with van der Waals surface area (Å²) in [6.45, 7) is 6.57. The average molecular weight is 712 g/mol. The van der Waals surface area contributed by atoms with Gasteiger partial charge in [0.2, 0.25) is 5.91 Å². The lowest BCUT2D eigenvalue weighted by atomic mass is 9.83. The van der Waals surface area contributed by atoms with Crippen LogP contribution in [-0.2, 0) is 26.4 Å². The van der Waals surface area contributed by atoms with Gasteiger partial charge in [0.25, 0.3) is 0 Å². The number of amides is 3. The number of nitrogens with one attached hydrogen (secondary N) is 3. The molecule has 2 aromatic rings. The molecule has 2 aliphatic rings. The molecule has 1 aliphatic carbocycles. The van der Waals surface area contributed by atoms with E-state index >= 15 is 0 Å². The third kappa shape index (κ3) is 10.1. The standard InChI is InChI=1S/C40H65N5O4S/c1-7-8-9-10-11-12-13-14-15-16-17-18-22-26-34(46)49-30-33(31-24-20-19-21-25-31)41-38(48)45-29-32-35(39(45,2)3)43-44-36(32)42-37(47)40(27-23-28-40)50(4,5)6/h19-21,24-25,33H,7-18,22-23,26-30H2,1-6H3,(H,41,48)(H2,42,43,44,47)/t33-/m1/s1. The summed E-state index contributed by atoms with van der Waals surface area (Å²) in [4.78, 5) is 42.0. The van der Waals surface area contributed by atoms with Gasteiger partial charge in [-0.05, 0) is 63.9 Å². The van der Waals surface area contributed by atoms with Gasteiger partial charge in [-0.3, -0.25) is 14.7 Å². The highest BCUT2D eigenvalue weighted by atomic mass is 32.3. The van der Waals surface area contributed by atoms with Crippen LogP contribution in [0, 0.1) is 0 Å². The zero-order chi connectivity index (χ0) is 36.2. The number of hydrogen-bond donors (Lipinski definition) is 3. The first-order valence-electron chi connectivity index (χ1n) is 19.3. The highest BCUT2D eigenvalue weighted by Gasteiger charge is 2.51. The van der Waals surface area contributed by atoms with Crippen LogP contribution in [0.5, 0.6) is 0 Å². The number of fused-ring (bicyclic) bond motifs is 1. The Morgan fingerprint density at radius 3 is 2.02 bits per heavy atom. The minimum atomic E-state index is -1.12. The molecule has 0 saturated heterocycles. The van der Waals surface area contributed by atoms with Crippen molar-refractivity contribution in [2.24, 2.45) is 0 Å². The molecule has 1 saturated carbocycles. The Hall–Kier alpha value is -3.01. The second kappa shape index (κ2) is 18.5. The van der Waals surface area contributed by atoms with Gasteiger partial charge in [-0.25, -0.2) is 14.8 Å². The second-order valence-electron chi connectivity index (χ2n) is 15.8. The molecule has 0 bridgehead atoms. The first kappa shape index (κ1) is 39.8. The average Bonchev–Trinajstić information content (AvgIpc) is 3.57. The number of unbranched alkanes of at least 4 members (excludes halogenated alkanes) is 12. The Kier molecular flexibility index (Phi) is 14.7. The lowest BCUT2D eigenvalue weighted by Crippen LogP contribution is -2.51. The van der Waals surface area contributed by atoms with Crippen LogP contribution in [0.25, 0.3) is 0 Å². The van der Waals surface area contributed by atoms with E-state index in [4.69, 9.17) is 4.74 Å². The van der Waals surface area contributed by atoms with Crippen molar-refractivity contribution in [3.63, 3.8) is 0 Å². The number of rotatable bonds is 21. The molecular weight excluding hydrogens is 647 g/mol. The van der Waals surface area contributed by atoms with Gasteiger partial charge in [0.1, 0.15) is 6.61 Å². The summed E-state index contributed by atoms with van der Waals surface area (Å²) < 4.78 is 5.40. The number of hydrogen-bond acceptors (Lipinski definition) is 5. The van der Waals surface area contributed by atoms with E-state index in [2.05, 4.69) is 46.5 Å². The number of esters is 1. The van der Waals surface area contributed by atoms with Gasteiger partial charge in [-0.1, -0.05) is 114 Å². The maximum absolute atomic E-state index is 13.9. The fourth-order valence-corrected chi connectivity index (χ4v) is 9.57. The van der Waals surface area contributed by atoms with Crippen molar-refractivity contribution in [3.05, 3.63) is 47.2 Å². The monoisotopic (exact) mass is 711 g/mol. The van der Waals surface area contributed by atoms with Gasteiger partial charge in [0, 0.05) is 12.0 Å².